The number of carbonyl (C=O) groups is 1. The number of rotatable bonds is 2. The zero-order valence-corrected chi connectivity index (χ0v) is 13.0. The van der Waals surface area contributed by atoms with Gasteiger partial charge in [-0.3, -0.25) is 9.69 Å². The molecule has 0 spiro atoms. The predicted octanol–water partition coefficient (Wildman–Crippen LogP) is 2.17. The number of nitrogens with zero attached hydrogens (tertiary/aromatic N) is 1. The van der Waals surface area contributed by atoms with Crippen LogP contribution < -0.4 is 5.32 Å². The first-order valence-corrected chi connectivity index (χ1v) is 7.98. The van der Waals surface area contributed by atoms with E-state index in [9.17, 15) is 4.79 Å². The summed E-state index contributed by atoms with van der Waals surface area (Å²) in [4.78, 5) is 18.0. The molecule has 1 aliphatic heterocycles. The molecule has 2 aliphatic rings. The highest BCUT2D eigenvalue weighted by Gasteiger charge is 2.35. The van der Waals surface area contributed by atoms with Crippen LogP contribution in [-0.2, 0) is 11.2 Å². The van der Waals surface area contributed by atoms with Gasteiger partial charge in [0.05, 0.1) is 5.92 Å². The molecule has 0 fully saturated rings. The zero-order valence-electron chi connectivity index (χ0n) is 13.0. The fourth-order valence-corrected chi connectivity index (χ4v) is 3.92. The number of amides is 1. The Balaban J connectivity index is 1.84. The van der Waals surface area contributed by atoms with Gasteiger partial charge in [0.25, 0.3) is 0 Å². The summed E-state index contributed by atoms with van der Waals surface area (Å²) in [5.74, 6) is 0.0688. The maximum atomic E-state index is 12.3. The molecule has 2 aromatic rings. The van der Waals surface area contributed by atoms with Crippen molar-refractivity contribution in [1.29, 1.82) is 0 Å². The van der Waals surface area contributed by atoms with Crippen molar-refractivity contribution >= 4 is 22.4 Å². The van der Waals surface area contributed by atoms with Gasteiger partial charge in [0.1, 0.15) is 0 Å². The van der Waals surface area contributed by atoms with Crippen LogP contribution >= 0.6 is 0 Å². The van der Waals surface area contributed by atoms with Gasteiger partial charge in [-0.1, -0.05) is 18.2 Å². The molecule has 22 heavy (non-hydrogen) atoms. The van der Waals surface area contributed by atoms with Crippen molar-refractivity contribution in [3.05, 3.63) is 41.6 Å². The molecular formula is C18H21N3O. The zero-order chi connectivity index (χ0) is 15.3. The van der Waals surface area contributed by atoms with E-state index in [1.807, 2.05) is 6.92 Å². The van der Waals surface area contributed by atoms with Gasteiger partial charge in [-0.25, -0.2) is 0 Å². The molecule has 4 rings (SSSR count). The average molecular weight is 295 g/mol. The highest BCUT2D eigenvalue weighted by molar-refractivity contribution is 5.99. The number of nitrogens with one attached hydrogen (secondary N) is 2. The third kappa shape index (κ3) is 1.91. The molecular weight excluding hydrogens is 274 g/mol. The van der Waals surface area contributed by atoms with E-state index in [1.165, 1.54) is 27.6 Å². The van der Waals surface area contributed by atoms with Crippen molar-refractivity contribution in [3.63, 3.8) is 0 Å². The summed E-state index contributed by atoms with van der Waals surface area (Å²) >= 11 is 0. The van der Waals surface area contributed by atoms with Crippen LogP contribution in [0.5, 0.6) is 0 Å². The monoisotopic (exact) mass is 295 g/mol. The van der Waals surface area contributed by atoms with E-state index < -0.39 is 0 Å². The number of H-pyrrole nitrogens is 1. The Morgan fingerprint density at radius 3 is 3.14 bits per heavy atom. The molecule has 1 aliphatic carbocycles. The molecule has 4 heteroatoms. The SMILES string of the molecule is CCNC(=O)[C@@H]1C=C2c3cccc4[nH]cc(c34)C[C@@H]2N(C)C1. The van der Waals surface area contributed by atoms with Crippen molar-refractivity contribution in [3.8, 4) is 0 Å². The quantitative estimate of drug-likeness (QED) is 0.892. The molecule has 2 atom stereocenters. The number of hydrogen-bond acceptors (Lipinski definition) is 2. The van der Waals surface area contributed by atoms with Crippen LogP contribution in [-0.4, -0.2) is 42.0 Å². The standard InChI is InChI=1S/C18H21N3O/c1-3-19-18(22)12-7-14-13-5-4-6-15-17(13)11(9-20-15)8-16(14)21(2)10-12/h4-7,9,12,16,20H,3,8,10H2,1-2H3,(H,19,22)/t12-,16+/m1/s1. The molecule has 1 aromatic carbocycles. The van der Waals surface area contributed by atoms with Gasteiger partial charge in [-0.2, -0.15) is 0 Å². The number of benzene rings is 1. The van der Waals surface area contributed by atoms with Crippen LogP contribution in [0.15, 0.2) is 30.5 Å². The van der Waals surface area contributed by atoms with E-state index in [-0.39, 0.29) is 11.8 Å². The van der Waals surface area contributed by atoms with Crippen LogP contribution in [0, 0.1) is 5.92 Å². The minimum absolute atomic E-state index is 0.0630. The van der Waals surface area contributed by atoms with Crippen LogP contribution in [0.25, 0.3) is 16.5 Å². The summed E-state index contributed by atoms with van der Waals surface area (Å²) in [6.45, 7) is 3.44. The van der Waals surface area contributed by atoms with Crippen molar-refractivity contribution in [2.45, 2.75) is 19.4 Å². The molecule has 114 valence electrons. The smallest absolute Gasteiger partial charge is 0.228 e. The molecule has 2 N–H and O–H groups in total. The Bertz CT molecular complexity index is 774. The van der Waals surface area contributed by atoms with Gasteiger partial charge in [0, 0.05) is 36.2 Å². The molecule has 2 heterocycles. The normalized spacial score (nSPS) is 24.0. The number of carbonyl (C=O) groups excluding carboxylic acids is 1. The third-order valence-corrected chi connectivity index (χ3v) is 4.96. The third-order valence-electron chi connectivity index (χ3n) is 4.96. The summed E-state index contributed by atoms with van der Waals surface area (Å²) in [6, 6.07) is 6.78. The second-order valence-corrected chi connectivity index (χ2v) is 6.32. The van der Waals surface area contributed by atoms with Gasteiger partial charge in [-0.05, 0) is 43.2 Å². The second kappa shape index (κ2) is 4.99. The number of aromatic amines is 1. The lowest BCUT2D eigenvalue weighted by Gasteiger charge is -2.39. The molecule has 0 bridgehead atoms. The van der Waals surface area contributed by atoms with Crippen molar-refractivity contribution < 1.29 is 4.79 Å². The molecule has 0 unspecified atom stereocenters. The fraction of sp³-hybridized carbons (Fsp3) is 0.389. The summed E-state index contributed by atoms with van der Waals surface area (Å²) in [7, 11) is 2.13. The van der Waals surface area contributed by atoms with Gasteiger partial charge >= 0.3 is 0 Å². The maximum absolute atomic E-state index is 12.3. The maximum Gasteiger partial charge on any atom is 0.228 e. The first-order chi connectivity index (χ1) is 10.7. The summed E-state index contributed by atoms with van der Waals surface area (Å²) in [6.07, 6.45) is 5.34. The lowest BCUT2D eigenvalue weighted by Crippen LogP contribution is -2.46. The summed E-state index contributed by atoms with van der Waals surface area (Å²) < 4.78 is 0. The van der Waals surface area contributed by atoms with Crippen molar-refractivity contribution in [1.82, 2.24) is 15.2 Å². The van der Waals surface area contributed by atoms with Crippen molar-refractivity contribution in [2.75, 3.05) is 20.1 Å². The van der Waals surface area contributed by atoms with Crippen LogP contribution in [0.2, 0.25) is 0 Å². The van der Waals surface area contributed by atoms with Gasteiger partial charge in [0.2, 0.25) is 5.91 Å². The molecule has 1 aromatic heterocycles. The van der Waals surface area contributed by atoms with E-state index in [2.05, 4.69) is 52.7 Å². The predicted molar refractivity (Wildman–Crippen MR) is 88.6 cm³/mol. The lowest BCUT2D eigenvalue weighted by atomic mass is 9.80. The molecule has 1 amide bonds. The molecule has 0 saturated heterocycles. The molecule has 0 saturated carbocycles. The van der Waals surface area contributed by atoms with Crippen LogP contribution in [0.4, 0.5) is 0 Å². The summed E-state index contributed by atoms with van der Waals surface area (Å²) in [5, 5.41) is 4.28. The number of fused-ring (bicyclic) bond motifs is 2. The Kier molecular flexibility index (Phi) is 3.08. The minimum atomic E-state index is -0.0630. The van der Waals surface area contributed by atoms with E-state index in [1.54, 1.807) is 0 Å². The largest absolute Gasteiger partial charge is 0.361 e. The van der Waals surface area contributed by atoms with E-state index in [0.29, 0.717) is 12.6 Å². The van der Waals surface area contributed by atoms with E-state index >= 15 is 0 Å². The molecule has 4 nitrogen and oxygen atoms in total. The Morgan fingerprint density at radius 2 is 2.32 bits per heavy atom. The highest BCUT2D eigenvalue weighted by Crippen LogP contribution is 2.40. The first kappa shape index (κ1) is 13.6. The van der Waals surface area contributed by atoms with Crippen LogP contribution in [0.1, 0.15) is 18.1 Å². The van der Waals surface area contributed by atoms with Crippen molar-refractivity contribution in [2.24, 2.45) is 5.92 Å². The number of likely N-dealkylation sites (N-methyl/N-ethyl adjacent to an activating group) is 1. The van der Waals surface area contributed by atoms with Gasteiger partial charge in [0.15, 0.2) is 0 Å². The fourth-order valence-electron chi connectivity index (χ4n) is 3.92. The van der Waals surface area contributed by atoms with E-state index in [0.717, 1.165) is 13.0 Å². The highest BCUT2D eigenvalue weighted by atomic mass is 16.1. The van der Waals surface area contributed by atoms with Gasteiger partial charge < -0.3 is 10.3 Å². The van der Waals surface area contributed by atoms with Crippen LogP contribution in [0.3, 0.4) is 0 Å². The summed E-state index contributed by atoms with van der Waals surface area (Å²) in [5.41, 5.74) is 5.17. The topological polar surface area (TPSA) is 48.1 Å². The Labute approximate surface area is 130 Å². The lowest BCUT2D eigenvalue weighted by molar-refractivity contribution is -0.124. The Morgan fingerprint density at radius 1 is 1.45 bits per heavy atom. The Hall–Kier alpha value is -2.07. The second-order valence-electron chi connectivity index (χ2n) is 6.32. The first-order valence-electron chi connectivity index (χ1n) is 7.98. The molecule has 0 radical (unpaired) electrons. The number of hydrogen-bond donors (Lipinski definition) is 2. The number of aromatic nitrogens is 1. The van der Waals surface area contributed by atoms with Gasteiger partial charge in [-0.15, -0.1) is 0 Å². The average Bonchev–Trinajstić information content (AvgIpc) is 2.93. The van der Waals surface area contributed by atoms with E-state index in [4.69, 9.17) is 0 Å². The minimum Gasteiger partial charge on any atom is -0.361 e.